The van der Waals surface area contributed by atoms with Crippen LogP contribution < -0.4 is 9.64 Å². The van der Waals surface area contributed by atoms with Crippen molar-refractivity contribution in [3.8, 4) is 5.75 Å². The molecule has 0 aliphatic carbocycles. The van der Waals surface area contributed by atoms with Gasteiger partial charge in [-0.2, -0.15) is 0 Å². The SMILES string of the molecule is Cc1ccc(C(=O)N(C)c2ccc(OC(=O)[C@@H]3COCCO3)cc2)cc1. The van der Waals surface area contributed by atoms with Crippen LogP contribution in [-0.4, -0.2) is 44.8 Å². The molecule has 6 heteroatoms. The molecule has 0 unspecified atom stereocenters. The second kappa shape index (κ2) is 8.12. The summed E-state index contributed by atoms with van der Waals surface area (Å²) in [6.07, 6.45) is -0.700. The summed E-state index contributed by atoms with van der Waals surface area (Å²) in [4.78, 5) is 26.1. The molecule has 0 aromatic heterocycles. The fraction of sp³-hybridized carbons (Fsp3) is 0.300. The molecule has 0 radical (unpaired) electrons. The van der Waals surface area contributed by atoms with Crippen LogP contribution in [0.2, 0.25) is 0 Å². The molecule has 6 nitrogen and oxygen atoms in total. The Balaban J connectivity index is 1.63. The van der Waals surface area contributed by atoms with E-state index >= 15 is 0 Å². The first-order chi connectivity index (χ1) is 12.5. The molecule has 1 aliphatic heterocycles. The summed E-state index contributed by atoms with van der Waals surface area (Å²) in [7, 11) is 1.70. The van der Waals surface area contributed by atoms with Crippen LogP contribution in [0.3, 0.4) is 0 Å². The van der Waals surface area contributed by atoms with Gasteiger partial charge in [0.25, 0.3) is 5.91 Å². The number of nitrogens with zero attached hydrogens (tertiary/aromatic N) is 1. The van der Waals surface area contributed by atoms with Gasteiger partial charge in [0.2, 0.25) is 0 Å². The van der Waals surface area contributed by atoms with Crippen molar-refractivity contribution < 1.29 is 23.8 Å². The molecule has 0 saturated carbocycles. The maximum atomic E-state index is 12.5. The van der Waals surface area contributed by atoms with Gasteiger partial charge in [-0.1, -0.05) is 17.7 Å². The van der Waals surface area contributed by atoms with Crippen molar-refractivity contribution >= 4 is 17.6 Å². The predicted molar refractivity (Wildman–Crippen MR) is 96.5 cm³/mol. The zero-order valence-corrected chi connectivity index (χ0v) is 14.8. The predicted octanol–water partition coefficient (Wildman–Crippen LogP) is 2.59. The highest BCUT2D eigenvalue weighted by Gasteiger charge is 2.24. The molecule has 2 aromatic rings. The van der Waals surface area contributed by atoms with E-state index in [1.807, 2.05) is 19.1 Å². The third-order valence-corrected chi connectivity index (χ3v) is 4.12. The van der Waals surface area contributed by atoms with Gasteiger partial charge in [0.1, 0.15) is 5.75 Å². The lowest BCUT2D eigenvalue weighted by Gasteiger charge is -2.21. The van der Waals surface area contributed by atoms with Crippen LogP contribution in [0.15, 0.2) is 48.5 Å². The van der Waals surface area contributed by atoms with Gasteiger partial charge in [-0.3, -0.25) is 4.79 Å². The molecule has 136 valence electrons. The monoisotopic (exact) mass is 355 g/mol. The van der Waals surface area contributed by atoms with Crippen molar-refractivity contribution in [3.63, 3.8) is 0 Å². The molecule has 0 N–H and O–H groups in total. The largest absolute Gasteiger partial charge is 0.425 e. The van der Waals surface area contributed by atoms with Crippen LogP contribution in [0, 0.1) is 6.92 Å². The second-order valence-electron chi connectivity index (χ2n) is 6.08. The lowest BCUT2D eigenvalue weighted by atomic mass is 10.1. The molecule has 26 heavy (non-hydrogen) atoms. The standard InChI is InChI=1S/C20H21NO5/c1-14-3-5-15(6-4-14)19(22)21(2)16-7-9-17(10-8-16)26-20(23)18-13-24-11-12-25-18/h3-10,18H,11-13H2,1-2H3/t18-/m0/s1. The number of benzene rings is 2. The van der Waals surface area contributed by atoms with Gasteiger partial charge in [0.05, 0.1) is 19.8 Å². The van der Waals surface area contributed by atoms with E-state index in [1.165, 1.54) is 0 Å². The average molecular weight is 355 g/mol. The summed E-state index contributed by atoms with van der Waals surface area (Å²) in [6.45, 7) is 3.04. The normalized spacial score (nSPS) is 16.8. The van der Waals surface area contributed by atoms with E-state index in [2.05, 4.69) is 0 Å². The summed E-state index contributed by atoms with van der Waals surface area (Å²) in [5.41, 5.74) is 2.42. The van der Waals surface area contributed by atoms with Crippen LogP contribution in [0.1, 0.15) is 15.9 Å². The number of hydrogen-bond acceptors (Lipinski definition) is 5. The Labute approximate surface area is 152 Å². The quantitative estimate of drug-likeness (QED) is 0.623. The highest BCUT2D eigenvalue weighted by Crippen LogP contribution is 2.21. The molecule has 0 spiro atoms. The number of carbonyl (C=O) groups is 2. The van der Waals surface area contributed by atoms with Crippen LogP contribution in [0.5, 0.6) is 5.75 Å². The minimum absolute atomic E-state index is 0.109. The van der Waals surface area contributed by atoms with Gasteiger partial charge in [-0.05, 0) is 43.3 Å². The van der Waals surface area contributed by atoms with Crippen LogP contribution in [0.4, 0.5) is 5.69 Å². The number of ether oxygens (including phenoxy) is 3. The summed E-state index contributed by atoms with van der Waals surface area (Å²) < 4.78 is 15.8. The zero-order valence-electron chi connectivity index (χ0n) is 14.8. The Kier molecular flexibility index (Phi) is 5.65. The minimum Gasteiger partial charge on any atom is -0.425 e. The van der Waals surface area contributed by atoms with Gasteiger partial charge in [-0.15, -0.1) is 0 Å². The topological polar surface area (TPSA) is 65.1 Å². The Morgan fingerprint density at radius 2 is 1.73 bits per heavy atom. The molecule has 2 aromatic carbocycles. The Bertz CT molecular complexity index is 764. The Morgan fingerprint density at radius 3 is 2.35 bits per heavy atom. The number of amides is 1. The van der Waals surface area contributed by atoms with Crippen LogP contribution in [0.25, 0.3) is 0 Å². The van der Waals surface area contributed by atoms with Crippen LogP contribution in [-0.2, 0) is 14.3 Å². The van der Waals surface area contributed by atoms with Gasteiger partial charge < -0.3 is 19.1 Å². The molecule has 1 heterocycles. The maximum absolute atomic E-state index is 12.5. The van der Waals surface area contributed by atoms with Gasteiger partial charge in [0.15, 0.2) is 6.10 Å². The van der Waals surface area contributed by atoms with Crippen molar-refractivity contribution in [1.82, 2.24) is 0 Å². The molecule has 0 bridgehead atoms. The first-order valence-corrected chi connectivity index (χ1v) is 8.40. The fourth-order valence-corrected chi connectivity index (χ4v) is 2.55. The summed E-state index contributed by atoms with van der Waals surface area (Å²) in [5.74, 6) is -0.201. The van der Waals surface area contributed by atoms with Gasteiger partial charge >= 0.3 is 5.97 Å². The summed E-state index contributed by atoms with van der Waals surface area (Å²) >= 11 is 0. The smallest absolute Gasteiger partial charge is 0.343 e. The molecule has 1 amide bonds. The average Bonchev–Trinajstić information content (AvgIpc) is 2.69. The Hall–Kier alpha value is -2.70. The highest BCUT2D eigenvalue weighted by atomic mass is 16.6. The van der Waals surface area contributed by atoms with Gasteiger partial charge in [0, 0.05) is 18.3 Å². The van der Waals surface area contributed by atoms with E-state index in [9.17, 15) is 9.59 Å². The lowest BCUT2D eigenvalue weighted by Crippen LogP contribution is -2.38. The third kappa shape index (κ3) is 4.28. The first-order valence-electron chi connectivity index (χ1n) is 8.40. The molecular weight excluding hydrogens is 334 g/mol. The minimum atomic E-state index is -0.700. The maximum Gasteiger partial charge on any atom is 0.343 e. The molecule has 3 rings (SSSR count). The number of aryl methyl sites for hydroxylation is 1. The zero-order chi connectivity index (χ0) is 18.5. The van der Waals surface area contributed by atoms with Crippen molar-refractivity contribution in [1.29, 1.82) is 0 Å². The molecule has 1 aliphatic rings. The van der Waals surface area contributed by atoms with Gasteiger partial charge in [-0.25, -0.2) is 4.79 Å². The summed E-state index contributed by atoms with van der Waals surface area (Å²) in [5, 5.41) is 0. The second-order valence-corrected chi connectivity index (χ2v) is 6.08. The van der Waals surface area contributed by atoms with Crippen molar-refractivity contribution in [2.75, 3.05) is 31.8 Å². The molecule has 1 atom stereocenters. The summed E-state index contributed by atoms with van der Waals surface area (Å²) in [6, 6.07) is 14.2. The Morgan fingerprint density at radius 1 is 1.04 bits per heavy atom. The van der Waals surface area contributed by atoms with E-state index in [4.69, 9.17) is 14.2 Å². The number of rotatable bonds is 4. The highest BCUT2D eigenvalue weighted by molar-refractivity contribution is 6.05. The molecule has 1 saturated heterocycles. The van der Waals surface area contributed by atoms with E-state index in [-0.39, 0.29) is 12.5 Å². The third-order valence-electron chi connectivity index (χ3n) is 4.12. The number of anilines is 1. The number of hydrogen-bond donors (Lipinski definition) is 0. The number of esters is 1. The van der Waals surface area contributed by atoms with Crippen molar-refractivity contribution in [2.45, 2.75) is 13.0 Å². The van der Waals surface area contributed by atoms with E-state index in [1.54, 1.807) is 48.3 Å². The van der Waals surface area contributed by atoms with E-state index in [0.29, 0.717) is 30.2 Å². The van der Waals surface area contributed by atoms with Crippen molar-refractivity contribution in [3.05, 3.63) is 59.7 Å². The number of carbonyl (C=O) groups excluding carboxylic acids is 2. The van der Waals surface area contributed by atoms with E-state index in [0.717, 1.165) is 5.56 Å². The molecular formula is C20H21NO5. The van der Waals surface area contributed by atoms with Crippen LogP contribution >= 0.6 is 0 Å². The fourth-order valence-electron chi connectivity index (χ4n) is 2.55. The lowest BCUT2D eigenvalue weighted by molar-refractivity contribution is -0.161. The van der Waals surface area contributed by atoms with Crippen molar-refractivity contribution in [2.24, 2.45) is 0 Å². The first kappa shape index (κ1) is 18.1. The van der Waals surface area contributed by atoms with E-state index < -0.39 is 12.1 Å². The molecule has 1 fully saturated rings.